The Labute approximate surface area is 184 Å². The van der Waals surface area contributed by atoms with Crippen LogP contribution in [0.3, 0.4) is 0 Å². The second kappa shape index (κ2) is 8.11. The zero-order valence-electron chi connectivity index (χ0n) is 19.8. The lowest BCUT2D eigenvalue weighted by Crippen LogP contribution is -2.53. The summed E-state index contributed by atoms with van der Waals surface area (Å²) >= 11 is 0. The first-order valence-electron chi connectivity index (χ1n) is 10.6. The van der Waals surface area contributed by atoms with Crippen molar-refractivity contribution in [2.45, 2.75) is 25.6 Å². The molecule has 3 rings (SSSR count). The van der Waals surface area contributed by atoms with Gasteiger partial charge in [-0.1, -0.05) is 12.1 Å². The molecule has 0 aliphatic carbocycles. The number of nitrogen functional groups attached to an aromatic ring is 1. The molecule has 1 aromatic carbocycles. The number of likely N-dealkylation sites (N-methyl/N-ethyl adjacent to an activating group) is 1. The number of carbonyl (C=O) groups excluding carboxylic acids is 2. The van der Waals surface area contributed by atoms with Crippen molar-refractivity contribution in [1.82, 2.24) is 19.7 Å². The molecule has 1 atom stereocenters. The largest absolute Gasteiger partial charge is 0.461 e. The second-order valence-electron chi connectivity index (χ2n) is 6.76. The standard InChI is InChI=1S/C20H20F3N5O4/c1-4-32-17(29)13-9-28-14(8-26-16(28)15(24)27-13)12-7-11(6-5-10(12)2)19(31,18(30)25-3)20(21,22)23/h5-9,31H,4H2,1-3H3,(H2,24,27)(H,25,30)/i3D3. The summed E-state index contributed by atoms with van der Waals surface area (Å²) < 4.78 is 69.1. The van der Waals surface area contributed by atoms with E-state index in [9.17, 15) is 27.9 Å². The van der Waals surface area contributed by atoms with Crippen LogP contribution in [0.5, 0.6) is 0 Å². The summed E-state index contributed by atoms with van der Waals surface area (Å²) in [5.41, 5.74) is 1.31. The van der Waals surface area contributed by atoms with Gasteiger partial charge in [0.2, 0.25) is 0 Å². The summed E-state index contributed by atoms with van der Waals surface area (Å²) in [5, 5.41) is 11.7. The number of aryl methyl sites for hydroxylation is 1. The molecule has 0 bridgehead atoms. The summed E-state index contributed by atoms with van der Waals surface area (Å²) in [6, 6.07) is 2.95. The van der Waals surface area contributed by atoms with Crippen molar-refractivity contribution in [1.29, 1.82) is 0 Å². The fourth-order valence-electron chi connectivity index (χ4n) is 3.15. The molecule has 0 saturated carbocycles. The molecule has 2 aromatic heterocycles. The highest BCUT2D eigenvalue weighted by Crippen LogP contribution is 2.41. The number of nitrogens with zero attached hydrogens (tertiary/aromatic N) is 3. The SMILES string of the molecule is [2H]C([2H])([2H])NC(=O)C(O)(c1ccc(C)c(-c2cnc3c(N)nc(C(=O)OCC)cn23)c1)C(F)(F)F. The molecule has 0 fully saturated rings. The molecule has 9 nitrogen and oxygen atoms in total. The molecular weight excluding hydrogens is 431 g/mol. The summed E-state index contributed by atoms with van der Waals surface area (Å²) in [6.07, 6.45) is -3.08. The second-order valence-corrected chi connectivity index (χ2v) is 6.76. The number of hydrogen-bond donors (Lipinski definition) is 3. The molecule has 0 aliphatic heterocycles. The molecule has 12 heteroatoms. The maximum Gasteiger partial charge on any atom is 0.430 e. The van der Waals surface area contributed by atoms with Gasteiger partial charge in [0.15, 0.2) is 17.2 Å². The molecule has 0 saturated heterocycles. The monoisotopic (exact) mass is 454 g/mol. The average Bonchev–Trinajstić information content (AvgIpc) is 3.16. The molecular formula is C20H20F3N5O4. The van der Waals surface area contributed by atoms with Gasteiger partial charge >= 0.3 is 12.1 Å². The van der Waals surface area contributed by atoms with Crippen LogP contribution < -0.4 is 11.1 Å². The molecule has 0 aliphatic rings. The zero-order valence-corrected chi connectivity index (χ0v) is 16.8. The average molecular weight is 454 g/mol. The summed E-state index contributed by atoms with van der Waals surface area (Å²) in [4.78, 5) is 32.5. The number of anilines is 1. The number of aliphatic hydroxyl groups is 1. The van der Waals surface area contributed by atoms with E-state index in [1.54, 1.807) is 13.8 Å². The Morgan fingerprint density at radius 1 is 1.38 bits per heavy atom. The van der Waals surface area contributed by atoms with Crippen LogP contribution in [0.2, 0.25) is 0 Å². The lowest BCUT2D eigenvalue weighted by molar-refractivity contribution is -0.256. The third-order valence-corrected chi connectivity index (χ3v) is 4.79. The third-order valence-electron chi connectivity index (χ3n) is 4.79. The van der Waals surface area contributed by atoms with Crippen molar-refractivity contribution in [3.63, 3.8) is 0 Å². The maximum atomic E-state index is 13.9. The van der Waals surface area contributed by atoms with Crippen molar-refractivity contribution in [3.8, 4) is 11.3 Å². The molecule has 0 radical (unpaired) electrons. The number of esters is 1. The number of amides is 1. The number of rotatable bonds is 5. The molecule has 170 valence electrons. The van der Waals surface area contributed by atoms with Crippen LogP contribution in [-0.4, -0.2) is 51.1 Å². The Bertz CT molecular complexity index is 1310. The smallest absolute Gasteiger partial charge is 0.430 e. The molecule has 1 unspecified atom stereocenters. The number of nitrogens with two attached hydrogens (primary N) is 1. The molecule has 3 aromatic rings. The minimum Gasteiger partial charge on any atom is -0.461 e. The number of nitrogens with one attached hydrogen (secondary N) is 1. The minimum atomic E-state index is -5.57. The number of carbonyl (C=O) groups is 2. The van der Waals surface area contributed by atoms with E-state index >= 15 is 0 Å². The number of aromatic nitrogens is 3. The predicted octanol–water partition coefficient (Wildman–Crippen LogP) is 1.96. The lowest BCUT2D eigenvalue weighted by atomic mass is 9.89. The Morgan fingerprint density at radius 2 is 2.09 bits per heavy atom. The van der Waals surface area contributed by atoms with Crippen LogP contribution in [0.15, 0.2) is 30.6 Å². The number of fused-ring (bicyclic) bond motifs is 1. The van der Waals surface area contributed by atoms with Gasteiger partial charge in [0.25, 0.3) is 11.5 Å². The van der Waals surface area contributed by atoms with Crippen LogP contribution in [0.25, 0.3) is 16.9 Å². The van der Waals surface area contributed by atoms with E-state index in [4.69, 9.17) is 14.6 Å². The predicted molar refractivity (Wildman–Crippen MR) is 108 cm³/mol. The van der Waals surface area contributed by atoms with E-state index < -0.39 is 36.2 Å². The van der Waals surface area contributed by atoms with E-state index in [1.165, 1.54) is 28.2 Å². The van der Waals surface area contributed by atoms with E-state index in [-0.39, 0.29) is 35.0 Å². The highest BCUT2D eigenvalue weighted by molar-refractivity contribution is 5.89. The zero-order chi connectivity index (χ0) is 26.3. The van der Waals surface area contributed by atoms with E-state index in [1.807, 2.05) is 0 Å². The van der Waals surface area contributed by atoms with Gasteiger partial charge in [-0.05, 0) is 25.5 Å². The number of hydrogen-bond acceptors (Lipinski definition) is 7. The number of alkyl halides is 3. The van der Waals surface area contributed by atoms with E-state index in [2.05, 4.69) is 9.97 Å². The Morgan fingerprint density at radius 3 is 2.72 bits per heavy atom. The van der Waals surface area contributed by atoms with Gasteiger partial charge in [-0.15, -0.1) is 0 Å². The molecule has 4 N–H and O–H groups in total. The van der Waals surface area contributed by atoms with Crippen molar-refractivity contribution in [3.05, 3.63) is 47.4 Å². The van der Waals surface area contributed by atoms with Gasteiger partial charge in [-0.25, -0.2) is 14.8 Å². The molecule has 32 heavy (non-hydrogen) atoms. The number of ether oxygens (including phenoxy) is 1. The van der Waals surface area contributed by atoms with Gasteiger partial charge in [0.05, 0.1) is 18.5 Å². The van der Waals surface area contributed by atoms with Crippen LogP contribution >= 0.6 is 0 Å². The first-order chi connectivity index (χ1) is 16.1. The van der Waals surface area contributed by atoms with Gasteiger partial charge in [-0.2, -0.15) is 13.2 Å². The molecule has 0 spiro atoms. The third kappa shape index (κ3) is 3.62. The van der Waals surface area contributed by atoms with Crippen LogP contribution in [0.4, 0.5) is 19.0 Å². The van der Waals surface area contributed by atoms with Crippen molar-refractivity contribution in [2.75, 3.05) is 19.3 Å². The number of benzene rings is 1. The molecule has 2 heterocycles. The minimum absolute atomic E-state index is 0.0602. The van der Waals surface area contributed by atoms with Gasteiger partial charge in [0, 0.05) is 28.4 Å². The van der Waals surface area contributed by atoms with Crippen LogP contribution in [0, 0.1) is 6.92 Å². The fraction of sp³-hybridized carbons (Fsp3) is 0.300. The number of halogens is 3. The van der Waals surface area contributed by atoms with Gasteiger partial charge < -0.3 is 20.9 Å². The molecule has 1 amide bonds. The van der Waals surface area contributed by atoms with Gasteiger partial charge in [0.1, 0.15) is 0 Å². The van der Waals surface area contributed by atoms with Crippen molar-refractivity contribution in [2.24, 2.45) is 0 Å². The summed E-state index contributed by atoms with van der Waals surface area (Å²) in [5.74, 6) is -3.12. The van der Waals surface area contributed by atoms with E-state index in [0.717, 1.165) is 12.1 Å². The fourth-order valence-corrected chi connectivity index (χ4v) is 3.15. The normalized spacial score (nSPS) is 15.4. The highest BCUT2D eigenvalue weighted by Gasteiger charge is 2.60. The Balaban J connectivity index is 2.23. The first-order valence-corrected chi connectivity index (χ1v) is 9.14. The lowest BCUT2D eigenvalue weighted by Gasteiger charge is -2.29. The summed E-state index contributed by atoms with van der Waals surface area (Å²) in [6.45, 7) is -0.0871. The quantitative estimate of drug-likeness (QED) is 0.502. The van der Waals surface area contributed by atoms with Crippen LogP contribution in [-0.2, 0) is 15.1 Å². The maximum absolute atomic E-state index is 13.9. The number of imidazole rings is 1. The topological polar surface area (TPSA) is 132 Å². The van der Waals surface area contributed by atoms with E-state index in [0.29, 0.717) is 5.56 Å². The highest BCUT2D eigenvalue weighted by atomic mass is 19.4. The Kier molecular flexibility index (Phi) is 4.83. The van der Waals surface area contributed by atoms with Crippen molar-refractivity contribution < 1.29 is 36.7 Å². The van der Waals surface area contributed by atoms with Crippen LogP contribution in [0.1, 0.15) is 32.7 Å². The van der Waals surface area contributed by atoms with Gasteiger partial charge in [-0.3, -0.25) is 9.20 Å². The first kappa shape index (κ1) is 19.0. The summed E-state index contributed by atoms with van der Waals surface area (Å²) in [7, 11) is 0. The van der Waals surface area contributed by atoms with Crippen molar-refractivity contribution >= 4 is 23.3 Å². The Hall–Kier alpha value is -3.67.